The number of halogens is 6. The van der Waals surface area contributed by atoms with E-state index in [1.54, 1.807) is 0 Å². The number of ether oxygens (including phenoxy) is 3. The number of hydrogen-bond acceptors (Lipinski definition) is 5. The van der Waals surface area contributed by atoms with Gasteiger partial charge in [-0.1, -0.05) is 15.9 Å². The monoisotopic (exact) mass is 486 g/mol. The minimum absolute atomic E-state index is 0.0555. The molecule has 0 saturated carbocycles. The SMILES string of the molecule is CC1=C(C(=O)OCC(F)(F)C(F)(F)F)[C@H](c2cc3c(cc2Br)OCO3)NC(=O)N1. The number of benzene rings is 1. The molecule has 0 saturated heterocycles. The molecule has 0 bridgehead atoms. The molecule has 2 N–H and O–H groups in total. The highest BCUT2D eigenvalue weighted by atomic mass is 79.9. The molecule has 2 heterocycles. The third kappa shape index (κ3) is 4.09. The number of urea groups is 1. The molecule has 0 spiro atoms. The maximum Gasteiger partial charge on any atom is 0.456 e. The molecule has 2 amide bonds. The summed E-state index contributed by atoms with van der Waals surface area (Å²) >= 11 is 3.25. The molecule has 0 fully saturated rings. The first kappa shape index (κ1) is 21.1. The summed E-state index contributed by atoms with van der Waals surface area (Å²) in [5.41, 5.74) is -0.135. The summed E-state index contributed by atoms with van der Waals surface area (Å²) in [7, 11) is 0. The number of esters is 1. The highest BCUT2D eigenvalue weighted by Gasteiger charge is 2.58. The quantitative estimate of drug-likeness (QED) is 0.502. The van der Waals surface area contributed by atoms with Crippen LogP contribution in [0.3, 0.4) is 0 Å². The molecule has 3 rings (SSSR count). The van der Waals surface area contributed by atoms with Crippen LogP contribution >= 0.6 is 15.9 Å². The molecule has 0 aromatic heterocycles. The Balaban J connectivity index is 1.92. The number of fused-ring (bicyclic) bond motifs is 1. The lowest BCUT2D eigenvalue weighted by Crippen LogP contribution is -2.46. The van der Waals surface area contributed by atoms with Crippen LogP contribution in [0.4, 0.5) is 26.7 Å². The fraction of sp³-hybridized carbons (Fsp3) is 0.375. The predicted molar refractivity (Wildman–Crippen MR) is 89.3 cm³/mol. The smallest absolute Gasteiger partial charge is 0.455 e. The van der Waals surface area contributed by atoms with Gasteiger partial charge in [-0.05, 0) is 24.6 Å². The van der Waals surface area contributed by atoms with E-state index in [9.17, 15) is 31.5 Å². The largest absolute Gasteiger partial charge is 0.456 e. The Bertz CT molecular complexity index is 902. The molecule has 2 aliphatic heterocycles. The minimum Gasteiger partial charge on any atom is -0.455 e. The van der Waals surface area contributed by atoms with Gasteiger partial charge in [0.1, 0.15) is 0 Å². The molecule has 1 aromatic rings. The van der Waals surface area contributed by atoms with Gasteiger partial charge in [-0.15, -0.1) is 0 Å². The number of carbonyl (C=O) groups excluding carboxylic acids is 2. The average Bonchev–Trinajstić information content (AvgIpc) is 3.04. The fourth-order valence-corrected chi connectivity index (χ4v) is 3.22. The second-order valence-electron chi connectivity index (χ2n) is 6.08. The summed E-state index contributed by atoms with van der Waals surface area (Å²) in [6.45, 7) is -0.972. The van der Waals surface area contributed by atoms with E-state index in [4.69, 9.17) is 9.47 Å². The highest BCUT2D eigenvalue weighted by Crippen LogP contribution is 2.42. The number of rotatable bonds is 4. The maximum atomic E-state index is 13.1. The molecule has 1 atom stereocenters. The van der Waals surface area contributed by atoms with Gasteiger partial charge >= 0.3 is 24.1 Å². The third-order valence-electron chi connectivity index (χ3n) is 4.09. The molecule has 0 radical (unpaired) electrons. The standard InChI is InChI=1S/C16H12BrF5N2O5/c1-6-11(13(25)27-4-15(18,19)16(20,21)22)12(24-14(26)23-6)7-2-9-10(3-8(7)17)29-5-28-9/h2-3,12H,4-5H2,1H3,(H2,23,24,26)/t12-/m0/s1. The molecular weight excluding hydrogens is 475 g/mol. The zero-order valence-electron chi connectivity index (χ0n) is 14.5. The van der Waals surface area contributed by atoms with E-state index in [1.807, 2.05) is 0 Å². The highest BCUT2D eigenvalue weighted by molar-refractivity contribution is 9.10. The molecule has 0 aliphatic carbocycles. The summed E-state index contributed by atoms with van der Waals surface area (Å²) in [5, 5.41) is 4.67. The number of nitrogens with one attached hydrogen (secondary N) is 2. The lowest BCUT2D eigenvalue weighted by Gasteiger charge is -2.29. The van der Waals surface area contributed by atoms with Gasteiger partial charge in [0, 0.05) is 10.2 Å². The van der Waals surface area contributed by atoms with Crippen molar-refractivity contribution in [1.29, 1.82) is 0 Å². The van der Waals surface area contributed by atoms with E-state index in [0.717, 1.165) is 0 Å². The first-order chi connectivity index (χ1) is 13.4. The zero-order chi connectivity index (χ0) is 21.6. The Morgan fingerprint density at radius 3 is 2.48 bits per heavy atom. The average molecular weight is 487 g/mol. The van der Waals surface area contributed by atoms with Crippen molar-refractivity contribution < 1.29 is 45.8 Å². The molecule has 2 aliphatic rings. The van der Waals surface area contributed by atoms with Gasteiger partial charge in [0.15, 0.2) is 18.1 Å². The van der Waals surface area contributed by atoms with Crippen molar-refractivity contribution >= 4 is 27.9 Å². The van der Waals surface area contributed by atoms with E-state index in [2.05, 4.69) is 31.3 Å². The van der Waals surface area contributed by atoms with E-state index in [-0.39, 0.29) is 23.6 Å². The van der Waals surface area contributed by atoms with Crippen LogP contribution in [-0.2, 0) is 9.53 Å². The maximum absolute atomic E-state index is 13.1. The minimum atomic E-state index is -5.88. The van der Waals surface area contributed by atoms with Gasteiger partial charge in [-0.25, -0.2) is 9.59 Å². The fourth-order valence-electron chi connectivity index (χ4n) is 2.67. The van der Waals surface area contributed by atoms with Gasteiger partial charge < -0.3 is 24.8 Å². The van der Waals surface area contributed by atoms with Crippen LogP contribution in [0, 0.1) is 0 Å². The van der Waals surface area contributed by atoms with Crippen LogP contribution in [0.15, 0.2) is 27.9 Å². The van der Waals surface area contributed by atoms with Crippen LogP contribution < -0.4 is 20.1 Å². The summed E-state index contributed by atoms with van der Waals surface area (Å²) in [6.07, 6.45) is -5.88. The molecular formula is C16H12BrF5N2O5. The molecule has 13 heteroatoms. The Hall–Kier alpha value is -2.57. The first-order valence-corrected chi connectivity index (χ1v) is 8.69. The zero-order valence-corrected chi connectivity index (χ0v) is 16.0. The van der Waals surface area contributed by atoms with Crippen LogP contribution in [-0.4, -0.2) is 37.5 Å². The number of hydrogen-bond donors (Lipinski definition) is 2. The number of carbonyl (C=O) groups is 2. The van der Waals surface area contributed by atoms with Gasteiger partial charge in [0.25, 0.3) is 0 Å². The molecule has 0 unspecified atom stereocenters. The topological polar surface area (TPSA) is 85.9 Å². The van der Waals surface area contributed by atoms with Crippen molar-refractivity contribution in [3.05, 3.63) is 33.4 Å². The molecule has 1 aromatic carbocycles. The number of allylic oxidation sites excluding steroid dienone is 1. The molecule has 29 heavy (non-hydrogen) atoms. The van der Waals surface area contributed by atoms with Crippen LogP contribution in [0.1, 0.15) is 18.5 Å². The van der Waals surface area contributed by atoms with Crippen molar-refractivity contribution in [3.8, 4) is 11.5 Å². The summed E-state index contributed by atoms with van der Waals surface area (Å²) in [5.74, 6) is -5.99. The van der Waals surface area contributed by atoms with E-state index in [0.29, 0.717) is 16.0 Å². The lowest BCUT2D eigenvalue weighted by molar-refractivity contribution is -0.293. The summed E-state index contributed by atoms with van der Waals surface area (Å²) in [6, 6.07) is 1.02. The Morgan fingerprint density at radius 1 is 1.24 bits per heavy atom. The van der Waals surface area contributed by atoms with E-state index < -0.39 is 36.7 Å². The second kappa shape index (κ2) is 7.35. The lowest BCUT2D eigenvalue weighted by atomic mass is 9.95. The Labute approximate surface area is 168 Å². The Morgan fingerprint density at radius 2 is 1.86 bits per heavy atom. The van der Waals surface area contributed by atoms with Gasteiger partial charge in [-0.2, -0.15) is 22.0 Å². The number of amides is 2. The van der Waals surface area contributed by atoms with Gasteiger partial charge in [0.05, 0.1) is 11.6 Å². The van der Waals surface area contributed by atoms with Gasteiger partial charge in [0.2, 0.25) is 6.79 Å². The van der Waals surface area contributed by atoms with Crippen molar-refractivity contribution in [2.24, 2.45) is 0 Å². The first-order valence-electron chi connectivity index (χ1n) is 7.89. The van der Waals surface area contributed by atoms with Crippen molar-refractivity contribution in [2.75, 3.05) is 13.4 Å². The second-order valence-corrected chi connectivity index (χ2v) is 6.93. The van der Waals surface area contributed by atoms with Crippen molar-refractivity contribution in [3.63, 3.8) is 0 Å². The normalized spacial score (nSPS) is 19.0. The third-order valence-corrected chi connectivity index (χ3v) is 4.78. The van der Waals surface area contributed by atoms with Crippen LogP contribution in [0.5, 0.6) is 11.5 Å². The predicted octanol–water partition coefficient (Wildman–Crippen LogP) is 3.55. The molecule has 7 nitrogen and oxygen atoms in total. The number of alkyl halides is 5. The van der Waals surface area contributed by atoms with Crippen LogP contribution in [0.2, 0.25) is 0 Å². The summed E-state index contributed by atoms with van der Waals surface area (Å²) < 4.78 is 78.2. The Kier molecular flexibility index (Phi) is 5.36. The van der Waals surface area contributed by atoms with Crippen molar-refractivity contribution in [2.45, 2.75) is 25.1 Å². The van der Waals surface area contributed by atoms with E-state index in [1.165, 1.54) is 19.1 Å². The van der Waals surface area contributed by atoms with Crippen molar-refractivity contribution in [1.82, 2.24) is 10.6 Å². The molecule has 158 valence electrons. The van der Waals surface area contributed by atoms with Gasteiger partial charge in [-0.3, -0.25) is 0 Å². The van der Waals surface area contributed by atoms with E-state index >= 15 is 0 Å². The van der Waals surface area contributed by atoms with Crippen LogP contribution in [0.25, 0.3) is 0 Å². The summed E-state index contributed by atoms with van der Waals surface area (Å²) in [4.78, 5) is 24.2.